The zero-order valence-corrected chi connectivity index (χ0v) is 12.4. The van der Waals surface area contributed by atoms with Crippen LogP contribution in [0.2, 0.25) is 0 Å². The lowest BCUT2D eigenvalue weighted by atomic mass is 10.0. The van der Waals surface area contributed by atoms with Gasteiger partial charge in [0.2, 0.25) is 0 Å². The average molecular weight is 280 g/mol. The molecule has 1 heterocycles. The summed E-state index contributed by atoms with van der Waals surface area (Å²) in [6.07, 6.45) is 1.17. The van der Waals surface area contributed by atoms with Gasteiger partial charge in [0.05, 0.1) is 12.6 Å². The van der Waals surface area contributed by atoms with Gasteiger partial charge in [0.1, 0.15) is 5.82 Å². The van der Waals surface area contributed by atoms with Gasteiger partial charge in [-0.05, 0) is 37.6 Å². The number of hydrogen-bond donors (Lipinski definition) is 1. The van der Waals surface area contributed by atoms with E-state index in [1.807, 2.05) is 0 Å². The molecule has 0 amide bonds. The first-order valence-corrected chi connectivity index (χ1v) is 7.50. The average Bonchev–Trinajstić information content (AvgIpc) is 2.44. The van der Waals surface area contributed by atoms with E-state index in [1.165, 1.54) is 18.6 Å². The predicted octanol–water partition coefficient (Wildman–Crippen LogP) is 2.28. The summed E-state index contributed by atoms with van der Waals surface area (Å²) in [7, 11) is 0. The van der Waals surface area contributed by atoms with Gasteiger partial charge in [-0.3, -0.25) is 4.90 Å². The second-order valence-corrected chi connectivity index (χ2v) is 5.64. The minimum Gasteiger partial charge on any atom is -0.394 e. The molecule has 0 aliphatic carbocycles. The second-order valence-electron chi connectivity index (χ2n) is 5.64. The number of hydrogen-bond acceptors (Lipinski definition) is 3. The van der Waals surface area contributed by atoms with E-state index in [2.05, 4.69) is 23.6 Å². The number of aliphatic hydroxyl groups is 1. The van der Waals surface area contributed by atoms with Crippen molar-refractivity contribution >= 4 is 0 Å². The van der Waals surface area contributed by atoms with Crippen molar-refractivity contribution in [3.8, 4) is 0 Å². The molecule has 4 heteroatoms. The Morgan fingerprint density at radius 3 is 2.55 bits per heavy atom. The van der Waals surface area contributed by atoms with Crippen molar-refractivity contribution in [3.05, 3.63) is 35.6 Å². The third-order valence-electron chi connectivity index (χ3n) is 4.13. The van der Waals surface area contributed by atoms with Gasteiger partial charge in [0, 0.05) is 25.7 Å². The van der Waals surface area contributed by atoms with Crippen LogP contribution in [0.15, 0.2) is 24.3 Å². The second kappa shape index (κ2) is 7.16. The highest BCUT2D eigenvalue weighted by Gasteiger charge is 2.29. The van der Waals surface area contributed by atoms with Crippen molar-refractivity contribution in [1.82, 2.24) is 9.80 Å². The summed E-state index contributed by atoms with van der Waals surface area (Å²) in [4.78, 5) is 4.81. The van der Waals surface area contributed by atoms with E-state index in [0.717, 1.165) is 31.7 Å². The molecule has 1 aromatic carbocycles. The molecular formula is C16H25FN2O. The number of aliphatic hydroxyl groups excluding tert-OH is 1. The van der Waals surface area contributed by atoms with Gasteiger partial charge >= 0.3 is 0 Å². The minimum atomic E-state index is -0.230. The SMILES string of the molecule is CCCN1CCN(C(CO)c2ccc(F)cc2)C(C)C1. The highest BCUT2D eigenvalue weighted by molar-refractivity contribution is 5.20. The van der Waals surface area contributed by atoms with Crippen molar-refractivity contribution in [2.75, 3.05) is 32.8 Å². The topological polar surface area (TPSA) is 26.7 Å². The van der Waals surface area contributed by atoms with Crippen molar-refractivity contribution in [1.29, 1.82) is 0 Å². The van der Waals surface area contributed by atoms with E-state index in [9.17, 15) is 9.50 Å². The standard InChI is InChI=1S/C16H25FN2O/c1-3-8-18-9-10-19(13(2)11-18)16(12-20)14-4-6-15(17)7-5-14/h4-7,13,16,20H,3,8-12H2,1-2H3. The molecule has 112 valence electrons. The fourth-order valence-corrected chi connectivity index (χ4v) is 3.12. The highest BCUT2D eigenvalue weighted by atomic mass is 19.1. The molecule has 2 unspecified atom stereocenters. The molecule has 1 aliphatic rings. The van der Waals surface area contributed by atoms with Crippen LogP contribution >= 0.6 is 0 Å². The van der Waals surface area contributed by atoms with Gasteiger partial charge in [-0.15, -0.1) is 0 Å². The van der Waals surface area contributed by atoms with E-state index in [-0.39, 0.29) is 18.5 Å². The van der Waals surface area contributed by atoms with Gasteiger partial charge < -0.3 is 10.0 Å². The van der Waals surface area contributed by atoms with Crippen LogP contribution in [0, 0.1) is 5.82 Å². The monoisotopic (exact) mass is 280 g/mol. The normalized spacial score (nSPS) is 22.9. The van der Waals surface area contributed by atoms with Gasteiger partial charge in [0.25, 0.3) is 0 Å². The predicted molar refractivity (Wildman–Crippen MR) is 79.1 cm³/mol. The lowest BCUT2D eigenvalue weighted by Gasteiger charge is -2.43. The number of halogens is 1. The zero-order valence-electron chi connectivity index (χ0n) is 12.4. The summed E-state index contributed by atoms with van der Waals surface area (Å²) in [6, 6.07) is 6.86. The summed E-state index contributed by atoms with van der Waals surface area (Å²) < 4.78 is 13.0. The molecule has 0 saturated carbocycles. The molecule has 1 saturated heterocycles. The van der Waals surface area contributed by atoms with Crippen LogP contribution in [-0.4, -0.2) is 53.7 Å². The molecule has 1 N–H and O–H groups in total. The maximum Gasteiger partial charge on any atom is 0.123 e. The zero-order chi connectivity index (χ0) is 14.5. The molecule has 0 bridgehead atoms. The Morgan fingerprint density at radius 2 is 2.00 bits per heavy atom. The van der Waals surface area contributed by atoms with Crippen LogP contribution in [-0.2, 0) is 0 Å². The van der Waals surface area contributed by atoms with Gasteiger partial charge in [0.15, 0.2) is 0 Å². The Hall–Kier alpha value is -0.970. The van der Waals surface area contributed by atoms with Crippen LogP contribution < -0.4 is 0 Å². The molecule has 2 atom stereocenters. The smallest absolute Gasteiger partial charge is 0.123 e. The molecule has 1 fully saturated rings. The van der Waals surface area contributed by atoms with Crippen molar-refractivity contribution in [2.45, 2.75) is 32.4 Å². The molecular weight excluding hydrogens is 255 g/mol. The summed E-state index contributed by atoms with van der Waals surface area (Å²) >= 11 is 0. The number of piperazine rings is 1. The first kappa shape index (κ1) is 15.4. The summed E-state index contributed by atoms with van der Waals surface area (Å²) in [5, 5.41) is 9.74. The largest absolute Gasteiger partial charge is 0.394 e. The Kier molecular flexibility index (Phi) is 5.52. The molecule has 1 aromatic rings. The van der Waals surface area contributed by atoms with E-state index in [1.54, 1.807) is 12.1 Å². The maximum absolute atomic E-state index is 13.0. The Morgan fingerprint density at radius 1 is 1.30 bits per heavy atom. The van der Waals surface area contributed by atoms with Crippen molar-refractivity contribution in [2.24, 2.45) is 0 Å². The number of benzene rings is 1. The van der Waals surface area contributed by atoms with E-state index >= 15 is 0 Å². The molecule has 0 spiro atoms. The quantitative estimate of drug-likeness (QED) is 0.896. The fraction of sp³-hybridized carbons (Fsp3) is 0.625. The molecule has 0 aromatic heterocycles. The van der Waals surface area contributed by atoms with E-state index < -0.39 is 0 Å². The summed E-state index contributed by atoms with van der Waals surface area (Å²) in [5.41, 5.74) is 0.990. The van der Waals surface area contributed by atoms with Crippen LogP contribution in [0.1, 0.15) is 31.9 Å². The summed E-state index contributed by atoms with van der Waals surface area (Å²) in [6.45, 7) is 8.63. The summed E-state index contributed by atoms with van der Waals surface area (Å²) in [5.74, 6) is -0.230. The maximum atomic E-state index is 13.0. The van der Waals surface area contributed by atoms with Gasteiger partial charge in [-0.1, -0.05) is 19.1 Å². The lowest BCUT2D eigenvalue weighted by molar-refractivity contribution is 0.0252. The van der Waals surface area contributed by atoms with E-state index in [4.69, 9.17) is 0 Å². The molecule has 2 rings (SSSR count). The third-order valence-corrected chi connectivity index (χ3v) is 4.13. The Labute approximate surface area is 121 Å². The van der Waals surface area contributed by atoms with Crippen molar-refractivity contribution in [3.63, 3.8) is 0 Å². The molecule has 0 radical (unpaired) electrons. The first-order chi connectivity index (χ1) is 9.65. The van der Waals surface area contributed by atoms with Gasteiger partial charge in [-0.25, -0.2) is 4.39 Å². The number of rotatable bonds is 5. The first-order valence-electron chi connectivity index (χ1n) is 7.50. The van der Waals surface area contributed by atoms with Crippen LogP contribution in [0.5, 0.6) is 0 Å². The van der Waals surface area contributed by atoms with Crippen molar-refractivity contribution < 1.29 is 9.50 Å². The minimum absolute atomic E-state index is 0.0330. The molecule has 3 nitrogen and oxygen atoms in total. The molecule has 20 heavy (non-hydrogen) atoms. The Balaban J connectivity index is 2.06. The van der Waals surface area contributed by atoms with Crippen LogP contribution in [0.4, 0.5) is 4.39 Å². The van der Waals surface area contributed by atoms with E-state index in [0.29, 0.717) is 6.04 Å². The third kappa shape index (κ3) is 3.57. The molecule has 1 aliphatic heterocycles. The van der Waals surface area contributed by atoms with Crippen LogP contribution in [0.3, 0.4) is 0 Å². The Bertz CT molecular complexity index is 409. The fourth-order valence-electron chi connectivity index (χ4n) is 3.12. The van der Waals surface area contributed by atoms with Crippen LogP contribution in [0.25, 0.3) is 0 Å². The highest BCUT2D eigenvalue weighted by Crippen LogP contribution is 2.25. The van der Waals surface area contributed by atoms with Gasteiger partial charge in [-0.2, -0.15) is 0 Å². The lowest BCUT2D eigenvalue weighted by Crippen LogP contribution is -2.53. The number of nitrogens with zero attached hydrogens (tertiary/aromatic N) is 2.